The van der Waals surface area contributed by atoms with Gasteiger partial charge < -0.3 is 10.4 Å². The van der Waals surface area contributed by atoms with Crippen molar-refractivity contribution in [2.45, 2.75) is 18.6 Å². The molecule has 0 aliphatic rings. The smallest absolute Gasteiger partial charge is 0.337 e. The lowest BCUT2D eigenvalue weighted by atomic mass is 10.1. The van der Waals surface area contributed by atoms with Crippen molar-refractivity contribution in [1.82, 2.24) is 0 Å². The van der Waals surface area contributed by atoms with Gasteiger partial charge in [0, 0.05) is 23.9 Å². The number of hydrogen-bond acceptors (Lipinski definition) is 5. The highest BCUT2D eigenvalue weighted by Gasteiger charge is 2.15. The zero-order valence-corrected chi connectivity index (χ0v) is 11.6. The fourth-order valence-electron chi connectivity index (χ4n) is 1.51. The summed E-state index contributed by atoms with van der Waals surface area (Å²) in [5.74, 6) is -1.10. The van der Waals surface area contributed by atoms with Crippen LogP contribution in [0.15, 0.2) is 18.2 Å². The molecule has 1 aromatic carbocycles. The van der Waals surface area contributed by atoms with E-state index in [1.54, 1.807) is 11.8 Å². The van der Waals surface area contributed by atoms with Crippen molar-refractivity contribution in [3.8, 4) is 0 Å². The van der Waals surface area contributed by atoms with Gasteiger partial charge in [0.2, 0.25) is 0 Å². The fraction of sp³-hybridized carbons (Fsp3) is 0.417. The van der Waals surface area contributed by atoms with E-state index >= 15 is 0 Å². The summed E-state index contributed by atoms with van der Waals surface area (Å²) in [6, 6.07) is 3.70. The second-order valence-corrected chi connectivity index (χ2v) is 5.33. The number of nitrogens with one attached hydrogen (secondary N) is 1. The number of anilines is 1. The van der Waals surface area contributed by atoms with Gasteiger partial charge in [-0.25, -0.2) is 4.79 Å². The summed E-state index contributed by atoms with van der Waals surface area (Å²) in [5.41, 5.74) is 0.211. The Morgan fingerprint density at radius 1 is 1.58 bits per heavy atom. The van der Waals surface area contributed by atoms with Crippen LogP contribution in [0.4, 0.5) is 11.4 Å². The predicted molar refractivity (Wildman–Crippen MR) is 76.1 cm³/mol. The molecule has 0 aliphatic heterocycles. The van der Waals surface area contributed by atoms with Crippen molar-refractivity contribution in [3.63, 3.8) is 0 Å². The maximum atomic E-state index is 11.0. The number of nitro benzene ring substituents is 1. The molecule has 6 nitrogen and oxygen atoms in total. The van der Waals surface area contributed by atoms with Gasteiger partial charge in [-0.2, -0.15) is 11.8 Å². The third-order valence-corrected chi connectivity index (χ3v) is 3.75. The van der Waals surface area contributed by atoms with Crippen LogP contribution in [0.5, 0.6) is 0 Å². The zero-order chi connectivity index (χ0) is 14.4. The van der Waals surface area contributed by atoms with Gasteiger partial charge in [0.1, 0.15) is 0 Å². The van der Waals surface area contributed by atoms with Crippen molar-refractivity contribution in [3.05, 3.63) is 33.9 Å². The number of benzene rings is 1. The molecule has 7 heteroatoms. The van der Waals surface area contributed by atoms with E-state index in [2.05, 4.69) is 12.2 Å². The minimum atomic E-state index is -1.10. The molecule has 104 valence electrons. The lowest BCUT2D eigenvalue weighted by Gasteiger charge is -2.12. The van der Waals surface area contributed by atoms with Gasteiger partial charge in [-0.05, 0) is 18.7 Å². The monoisotopic (exact) mass is 284 g/mol. The minimum Gasteiger partial charge on any atom is -0.478 e. The standard InChI is InChI=1S/C12H16N2O4S/c1-8(19-2)5-6-13-11-7-9(14(17)18)3-4-10(11)12(15)16/h3-4,7-8,13H,5-6H2,1-2H3,(H,15,16). The second-order valence-electron chi connectivity index (χ2n) is 4.05. The molecule has 0 bridgehead atoms. The molecule has 0 fully saturated rings. The van der Waals surface area contributed by atoms with Crippen LogP contribution in [-0.4, -0.2) is 34.0 Å². The van der Waals surface area contributed by atoms with Gasteiger partial charge in [-0.15, -0.1) is 0 Å². The maximum Gasteiger partial charge on any atom is 0.337 e. The average molecular weight is 284 g/mol. The molecular weight excluding hydrogens is 268 g/mol. The summed E-state index contributed by atoms with van der Waals surface area (Å²) < 4.78 is 0. The van der Waals surface area contributed by atoms with Gasteiger partial charge >= 0.3 is 5.97 Å². The molecule has 0 amide bonds. The van der Waals surface area contributed by atoms with Crippen LogP contribution in [0.3, 0.4) is 0 Å². The third kappa shape index (κ3) is 4.44. The van der Waals surface area contributed by atoms with Gasteiger partial charge in [0.05, 0.1) is 16.2 Å². The van der Waals surface area contributed by atoms with Gasteiger partial charge in [-0.1, -0.05) is 6.92 Å². The molecule has 0 heterocycles. The first-order chi connectivity index (χ1) is 8.95. The van der Waals surface area contributed by atoms with Crippen LogP contribution in [-0.2, 0) is 0 Å². The normalized spacial score (nSPS) is 11.9. The lowest BCUT2D eigenvalue weighted by molar-refractivity contribution is -0.384. The van der Waals surface area contributed by atoms with E-state index in [-0.39, 0.29) is 16.9 Å². The number of aromatic carboxylic acids is 1. The molecule has 1 rings (SSSR count). The van der Waals surface area contributed by atoms with Crippen LogP contribution in [0.25, 0.3) is 0 Å². The largest absolute Gasteiger partial charge is 0.478 e. The Hall–Kier alpha value is -1.76. The molecule has 1 aromatic rings. The summed E-state index contributed by atoms with van der Waals surface area (Å²) in [4.78, 5) is 21.2. The Kier molecular flexibility index (Phi) is 5.62. The third-order valence-electron chi connectivity index (χ3n) is 2.71. The topological polar surface area (TPSA) is 92.5 Å². The van der Waals surface area contributed by atoms with Gasteiger partial charge in [0.15, 0.2) is 0 Å². The van der Waals surface area contributed by atoms with E-state index in [0.717, 1.165) is 6.42 Å². The number of non-ortho nitro benzene ring substituents is 1. The number of carboxylic acids is 1. The van der Waals surface area contributed by atoms with E-state index in [0.29, 0.717) is 11.8 Å². The number of thioether (sulfide) groups is 1. The molecule has 0 aliphatic carbocycles. The summed E-state index contributed by atoms with van der Waals surface area (Å²) >= 11 is 1.71. The number of hydrogen-bond donors (Lipinski definition) is 2. The van der Waals surface area contributed by atoms with E-state index in [9.17, 15) is 14.9 Å². The molecule has 0 saturated carbocycles. The molecule has 0 radical (unpaired) electrons. The molecular formula is C12H16N2O4S. The highest BCUT2D eigenvalue weighted by atomic mass is 32.2. The van der Waals surface area contributed by atoms with Crippen LogP contribution < -0.4 is 5.32 Å². The molecule has 1 unspecified atom stereocenters. The van der Waals surface area contributed by atoms with E-state index < -0.39 is 10.9 Å². The quantitative estimate of drug-likeness (QED) is 0.591. The summed E-state index contributed by atoms with van der Waals surface area (Å²) in [5, 5.41) is 23.1. The van der Waals surface area contributed by atoms with Crippen molar-refractivity contribution in [2.75, 3.05) is 18.1 Å². The Bertz CT molecular complexity index is 479. The Morgan fingerprint density at radius 3 is 2.79 bits per heavy atom. The van der Waals surface area contributed by atoms with Crippen LogP contribution in [0, 0.1) is 10.1 Å². The first-order valence-electron chi connectivity index (χ1n) is 5.74. The molecule has 1 atom stereocenters. The first kappa shape index (κ1) is 15.3. The summed E-state index contributed by atoms with van der Waals surface area (Å²) in [6.45, 7) is 2.64. The molecule has 0 aromatic heterocycles. The number of carboxylic acid groups (broad SMARTS) is 1. The number of nitro groups is 1. The molecule has 0 saturated heterocycles. The number of rotatable bonds is 7. The number of nitrogens with zero attached hydrogens (tertiary/aromatic N) is 1. The highest BCUT2D eigenvalue weighted by Crippen LogP contribution is 2.23. The van der Waals surface area contributed by atoms with E-state index in [1.807, 2.05) is 6.26 Å². The minimum absolute atomic E-state index is 0.0439. The molecule has 0 spiro atoms. The van der Waals surface area contributed by atoms with Gasteiger partial charge in [-0.3, -0.25) is 10.1 Å². The van der Waals surface area contributed by atoms with Crippen molar-refractivity contribution in [2.24, 2.45) is 0 Å². The first-order valence-corrected chi connectivity index (χ1v) is 7.03. The van der Waals surface area contributed by atoms with Crippen molar-refractivity contribution in [1.29, 1.82) is 0 Å². The Balaban J connectivity index is 2.85. The van der Waals surface area contributed by atoms with Crippen molar-refractivity contribution < 1.29 is 14.8 Å². The SMILES string of the molecule is CSC(C)CCNc1cc([N+](=O)[O-])ccc1C(=O)O. The van der Waals surface area contributed by atoms with Crippen molar-refractivity contribution >= 4 is 29.1 Å². The predicted octanol–water partition coefficient (Wildman–Crippen LogP) is 2.85. The van der Waals surface area contributed by atoms with E-state index in [1.165, 1.54) is 18.2 Å². The van der Waals surface area contributed by atoms with Crippen LogP contribution in [0.1, 0.15) is 23.7 Å². The highest BCUT2D eigenvalue weighted by molar-refractivity contribution is 7.99. The molecule has 2 N–H and O–H groups in total. The zero-order valence-electron chi connectivity index (χ0n) is 10.8. The van der Waals surface area contributed by atoms with E-state index in [4.69, 9.17) is 5.11 Å². The fourth-order valence-corrected chi connectivity index (χ4v) is 1.86. The Morgan fingerprint density at radius 2 is 2.26 bits per heavy atom. The lowest BCUT2D eigenvalue weighted by Crippen LogP contribution is -2.11. The summed E-state index contributed by atoms with van der Waals surface area (Å²) in [7, 11) is 0. The molecule has 19 heavy (non-hydrogen) atoms. The maximum absolute atomic E-state index is 11.0. The Labute approximate surface area is 115 Å². The average Bonchev–Trinajstić information content (AvgIpc) is 2.37. The number of carbonyl (C=O) groups is 1. The van der Waals surface area contributed by atoms with Gasteiger partial charge in [0.25, 0.3) is 5.69 Å². The van der Waals surface area contributed by atoms with Crippen LogP contribution in [0.2, 0.25) is 0 Å². The summed E-state index contributed by atoms with van der Waals surface area (Å²) in [6.07, 6.45) is 2.85. The second kappa shape index (κ2) is 6.98. The van der Waals surface area contributed by atoms with Crippen LogP contribution >= 0.6 is 11.8 Å².